The van der Waals surface area contributed by atoms with Crippen LogP contribution in [0.2, 0.25) is 0 Å². The summed E-state index contributed by atoms with van der Waals surface area (Å²) in [4.78, 5) is 12.4. The highest BCUT2D eigenvalue weighted by molar-refractivity contribution is 7.99. The van der Waals surface area contributed by atoms with E-state index in [1.54, 1.807) is 30.1 Å². The maximum atomic E-state index is 13.0. The monoisotopic (exact) mass is 379 g/mol. The Labute approximate surface area is 160 Å². The zero-order valence-electron chi connectivity index (χ0n) is 14.7. The number of nitrogens with zero attached hydrogens (tertiary/aromatic N) is 2. The van der Waals surface area contributed by atoms with Gasteiger partial charge in [-0.1, -0.05) is 36.0 Å². The molecule has 4 nitrogen and oxygen atoms in total. The molecule has 136 valence electrons. The van der Waals surface area contributed by atoms with Crippen LogP contribution in [0.4, 0.5) is 4.39 Å². The van der Waals surface area contributed by atoms with Gasteiger partial charge in [-0.25, -0.2) is 9.37 Å². The number of halogens is 1. The lowest BCUT2D eigenvalue weighted by atomic mass is 10.2. The van der Waals surface area contributed by atoms with E-state index in [0.29, 0.717) is 6.61 Å². The Bertz CT molecular complexity index is 1020. The first-order valence-corrected chi connectivity index (χ1v) is 9.50. The highest BCUT2D eigenvalue weighted by Gasteiger charge is 2.13. The van der Waals surface area contributed by atoms with Gasteiger partial charge in [0.25, 0.3) is 0 Å². The molecule has 27 heavy (non-hydrogen) atoms. The summed E-state index contributed by atoms with van der Waals surface area (Å²) in [5.41, 5.74) is 3.81. The zero-order valence-corrected chi connectivity index (χ0v) is 15.5. The molecular weight excluding hydrogens is 361 g/mol. The van der Waals surface area contributed by atoms with Crippen molar-refractivity contribution in [2.45, 2.75) is 23.9 Å². The molecule has 4 rings (SSSR count). The molecule has 0 aliphatic carbocycles. The molecule has 2 heterocycles. The number of fused-ring (bicyclic) bond motifs is 1. The van der Waals surface area contributed by atoms with E-state index in [0.717, 1.165) is 33.2 Å². The largest absolute Gasteiger partial charge is 0.489 e. The molecule has 0 spiro atoms. The summed E-state index contributed by atoms with van der Waals surface area (Å²) < 4.78 is 18.8. The average Bonchev–Trinajstić information content (AvgIpc) is 3.10. The number of H-pyrrole nitrogens is 1. The fourth-order valence-electron chi connectivity index (χ4n) is 2.70. The molecule has 0 saturated carbocycles. The van der Waals surface area contributed by atoms with Crippen molar-refractivity contribution in [1.82, 2.24) is 15.0 Å². The minimum atomic E-state index is -0.249. The average molecular weight is 379 g/mol. The maximum Gasteiger partial charge on any atom is 0.167 e. The number of imidazole rings is 1. The Morgan fingerprint density at radius 2 is 1.93 bits per heavy atom. The fraction of sp³-hybridized carbons (Fsp3) is 0.143. The number of thioether (sulfide) groups is 1. The SMILES string of the molecule is CC(Sc1nc2ccccc2[nH]1)c1cc(OCc2ccc(F)cc2)ccn1. The Morgan fingerprint density at radius 1 is 1.11 bits per heavy atom. The number of benzene rings is 2. The minimum absolute atomic E-state index is 0.111. The molecule has 0 fully saturated rings. The summed E-state index contributed by atoms with van der Waals surface area (Å²) >= 11 is 1.62. The minimum Gasteiger partial charge on any atom is -0.489 e. The summed E-state index contributed by atoms with van der Waals surface area (Å²) in [5.74, 6) is 0.489. The van der Waals surface area contributed by atoms with Crippen LogP contribution in [0.3, 0.4) is 0 Å². The Morgan fingerprint density at radius 3 is 2.74 bits per heavy atom. The Balaban J connectivity index is 1.43. The van der Waals surface area contributed by atoms with Gasteiger partial charge in [0.1, 0.15) is 18.2 Å². The zero-order chi connectivity index (χ0) is 18.6. The molecule has 0 amide bonds. The molecule has 0 aliphatic heterocycles. The number of hydrogen-bond donors (Lipinski definition) is 1. The van der Waals surface area contributed by atoms with Gasteiger partial charge in [0.15, 0.2) is 5.16 Å². The van der Waals surface area contributed by atoms with Gasteiger partial charge in [-0.05, 0) is 42.8 Å². The first-order chi connectivity index (χ1) is 13.2. The number of nitrogens with one attached hydrogen (secondary N) is 1. The molecule has 1 unspecified atom stereocenters. The van der Waals surface area contributed by atoms with Crippen molar-refractivity contribution in [2.75, 3.05) is 0 Å². The van der Waals surface area contributed by atoms with Gasteiger partial charge in [-0.15, -0.1) is 0 Å². The molecule has 6 heteroatoms. The van der Waals surface area contributed by atoms with Crippen molar-refractivity contribution in [1.29, 1.82) is 0 Å². The van der Waals surface area contributed by atoms with E-state index in [1.807, 2.05) is 36.4 Å². The van der Waals surface area contributed by atoms with Crippen LogP contribution in [0, 0.1) is 5.82 Å². The van der Waals surface area contributed by atoms with Crippen LogP contribution in [0.15, 0.2) is 72.0 Å². The third-order valence-electron chi connectivity index (χ3n) is 4.14. The van der Waals surface area contributed by atoms with Crippen LogP contribution in [0.5, 0.6) is 5.75 Å². The molecule has 1 N–H and O–H groups in total. The van der Waals surface area contributed by atoms with Gasteiger partial charge in [0.2, 0.25) is 0 Å². The highest BCUT2D eigenvalue weighted by atomic mass is 32.2. The van der Waals surface area contributed by atoms with Crippen molar-refractivity contribution < 1.29 is 9.13 Å². The Kier molecular flexibility index (Phi) is 5.07. The van der Waals surface area contributed by atoms with E-state index in [1.165, 1.54) is 12.1 Å². The number of para-hydroxylation sites is 2. The molecular formula is C21H18FN3OS. The van der Waals surface area contributed by atoms with Crippen LogP contribution in [0.1, 0.15) is 23.4 Å². The van der Waals surface area contributed by atoms with E-state index >= 15 is 0 Å². The molecule has 1 atom stereocenters. The lowest BCUT2D eigenvalue weighted by Gasteiger charge is -2.11. The third-order valence-corrected chi connectivity index (χ3v) is 5.16. The standard InChI is InChI=1S/C21H18FN3OS/c1-14(27-21-24-18-4-2-3-5-19(18)25-21)20-12-17(10-11-23-20)26-13-15-6-8-16(22)9-7-15/h2-12,14H,13H2,1H3,(H,24,25). The van der Waals surface area contributed by atoms with E-state index in [4.69, 9.17) is 4.74 Å². The lowest BCUT2D eigenvalue weighted by molar-refractivity contribution is 0.305. The first kappa shape index (κ1) is 17.5. The van der Waals surface area contributed by atoms with Crippen molar-refractivity contribution in [3.8, 4) is 5.75 Å². The quantitative estimate of drug-likeness (QED) is 0.448. The van der Waals surface area contributed by atoms with E-state index in [2.05, 4.69) is 21.9 Å². The van der Waals surface area contributed by atoms with Crippen molar-refractivity contribution >= 4 is 22.8 Å². The van der Waals surface area contributed by atoms with Gasteiger partial charge in [-0.2, -0.15) is 0 Å². The molecule has 2 aromatic heterocycles. The summed E-state index contributed by atoms with van der Waals surface area (Å²) in [7, 11) is 0. The summed E-state index contributed by atoms with van der Waals surface area (Å²) in [6, 6.07) is 18.0. The molecule has 0 bridgehead atoms. The number of rotatable bonds is 6. The predicted octanol–water partition coefficient (Wildman–Crippen LogP) is 5.53. The molecule has 4 aromatic rings. The second kappa shape index (κ2) is 7.80. The van der Waals surface area contributed by atoms with E-state index in [9.17, 15) is 4.39 Å². The number of pyridine rings is 1. The highest BCUT2D eigenvalue weighted by Crippen LogP contribution is 2.34. The maximum absolute atomic E-state index is 13.0. The third kappa shape index (κ3) is 4.28. The molecule has 0 radical (unpaired) electrons. The van der Waals surface area contributed by atoms with Crippen LogP contribution in [-0.2, 0) is 6.61 Å². The van der Waals surface area contributed by atoms with Gasteiger partial charge in [-0.3, -0.25) is 4.98 Å². The van der Waals surface area contributed by atoms with Gasteiger partial charge in [0, 0.05) is 12.3 Å². The second-order valence-corrected chi connectivity index (χ2v) is 7.48. The summed E-state index contributed by atoms with van der Waals surface area (Å²) in [5, 5.41) is 0.975. The number of hydrogen-bond acceptors (Lipinski definition) is 4. The van der Waals surface area contributed by atoms with Crippen LogP contribution >= 0.6 is 11.8 Å². The second-order valence-electron chi connectivity index (χ2n) is 6.15. The van der Waals surface area contributed by atoms with Crippen molar-refractivity contribution in [3.05, 3.63) is 83.9 Å². The van der Waals surface area contributed by atoms with Crippen LogP contribution < -0.4 is 4.74 Å². The lowest BCUT2D eigenvalue weighted by Crippen LogP contribution is -1.98. The number of aromatic amines is 1. The number of aromatic nitrogens is 3. The topological polar surface area (TPSA) is 50.8 Å². The van der Waals surface area contributed by atoms with Gasteiger partial charge in [0.05, 0.1) is 22.0 Å². The molecule has 0 saturated heterocycles. The summed E-state index contributed by atoms with van der Waals surface area (Å²) in [6.45, 7) is 2.47. The fourth-order valence-corrected chi connectivity index (χ4v) is 3.60. The Hall–Kier alpha value is -2.86. The molecule has 0 aliphatic rings. The van der Waals surface area contributed by atoms with E-state index < -0.39 is 0 Å². The smallest absolute Gasteiger partial charge is 0.167 e. The first-order valence-electron chi connectivity index (χ1n) is 8.62. The van der Waals surface area contributed by atoms with Crippen LogP contribution in [-0.4, -0.2) is 15.0 Å². The predicted molar refractivity (Wildman–Crippen MR) is 105 cm³/mol. The summed E-state index contributed by atoms with van der Waals surface area (Å²) in [6.07, 6.45) is 1.74. The normalized spacial score (nSPS) is 12.2. The van der Waals surface area contributed by atoms with Crippen molar-refractivity contribution in [3.63, 3.8) is 0 Å². The van der Waals surface area contributed by atoms with E-state index in [-0.39, 0.29) is 11.1 Å². The van der Waals surface area contributed by atoms with Gasteiger partial charge >= 0.3 is 0 Å². The molecule has 2 aromatic carbocycles. The van der Waals surface area contributed by atoms with Gasteiger partial charge < -0.3 is 9.72 Å². The van der Waals surface area contributed by atoms with Crippen LogP contribution in [0.25, 0.3) is 11.0 Å². The number of ether oxygens (including phenoxy) is 1. The van der Waals surface area contributed by atoms with Crippen molar-refractivity contribution in [2.24, 2.45) is 0 Å².